The molecule has 0 aliphatic carbocycles. The molecule has 1 aromatic carbocycles. The van der Waals surface area contributed by atoms with Gasteiger partial charge < -0.3 is 5.32 Å². The number of hydrogen-bond acceptors (Lipinski definition) is 2. The third-order valence-electron chi connectivity index (χ3n) is 4.87. The Balaban J connectivity index is 1.75. The Morgan fingerprint density at radius 2 is 1.89 bits per heavy atom. The summed E-state index contributed by atoms with van der Waals surface area (Å²) < 4.78 is 0. The van der Waals surface area contributed by atoms with Crippen molar-refractivity contribution in [2.24, 2.45) is 11.3 Å². The standard InChI is InChI=1S/C16H23NS/c1-2-4-14(5-3-1)12-15-13-17-9-6-16(15)7-10-18-11-8-16/h1-5,15,17H,6-13H2. The summed E-state index contributed by atoms with van der Waals surface area (Å²) in [5, 5.41) is 3.62. The molecule has 0 amide bonds. The van der Waals surface area contributed by atoms with Crippen molar-refractivity contribution >= 4 is 11.8 Å². The normalized spacial score (nSPS) is 27.2. The van der Waals surface area contributed by atoms with E-state index < -0.39 is 0 Å². The van der Waals surface area contributed by atoms with Crippen molar-refractivity contribution < 1.29 is 0 Å². The van der Waals surface area contributed by atoms with Gasteiger partial charge in [0, 0.05) is 0 Å². The topological polar surface area (TPSA) is 12.0 Å². The lowest BCUT2D eigenvalue weighted by molar-refractivity contribution is 0.0951. The van der Waals surface area contributed by atoms with Gasteiger partial charge in [-0.15, -0.1) is 0 Å². The van der Waals surface area contributed by atoms with Crippen LogP contribution in [0.15, 0.2) is 30.3 Å². The van der Waals surface area contributed by atoms with Crippen molar-refractivity contribution in [3.05, 3.63) is 35.9 Å². The molecule has 2 aliphatic rings. The number of nitrogens with one attached hydrogen (secondary N) is 1. The van der Waals surface area contributed by atoms with Gasteiger partial charge in [-0.3, -0.25) is 0 Å². The summed E-state index contributed by atoms with van der Waals surface area (Å²) in [4.78, 5) is 0. The molecule has 0 radical (unpaired) electrons. The zero-order valence-electron chi connectivity index (χ0n) is 11.0. The highest BCUT2D eigenvalue weighted by atomic mass is 32.2. The minimum absolute atomic E-state index is 0.645. The van der Waals surface area contributed by atoms with Gasteiger partial charge in [-0.25, -0.2) is 0 Å². The summed E-state index contributed by atoms with van der Waals surface area (Å²) in [5.74, 6) is 3.60. The monoisotopic (exact) mass is 261 g/mol. The van der Waals surface area contributed by atoms with E-state index in [1.807, 2.05) is 0 Å². The van der Waals surface area contributed by atoms with Crippen LogP contribution in [0.25, 0.3) is 0 Å². The van der Waals surface area contributed by atoms with Crippen LogP contribution in [0.1, 0.15) is 24.8 Å². The molecule has 1 atom stereocenters. The van der Waals surface area contributed by atoms with E-state index in [1.165, 1.54) is 55.8 Å². The first-order valence-electron chi connectivity index (χ1n) is 7.21. The van der Waals surface area contributed by atoms with E-state index in [9.17, 15) is 0 Å². The van der Waals surface area contributed by atoms with Crippen LogP contribution in [-0.4, -0.2) is 24.6 Å². The lowest BCUT2D eigenvalue weighted by atomic mass is 9.65. The third-order valence-corrected chi connectivity index (χ3v) is 5.86. The molecule has 2 aliphatic heterocycles. The van der Waals surface area contributed by atoms with Crippen molar-refractivity contribution in [3.8, 4) is 0 Å². The summed E-state index contributed by atoms with van der Waals surface area (Å²) in [7, 11) is 0. The second-order valence-corrected chi connectivity index (χ2v) is 7.04. The molecule has 1 N–H and O–H groups in total. The van der Waals surface area contributed by atoms with Crippen molar-refractivity contribution in [2.45, 2.75) is 25.7 Å². The molecule has 0 aromatic heterocycles. The summed E-state index contributed by atoms with van der Waals surface area (Å²) in [6.45, 7) is 2.45. The molecule has 2 saturated heterocycles. The maximum atomic E-state index is 3.62. The van der Waals surface area contributed by atoms with E-state index in [-0.39, 0.29) is 0 Å². The second-order valence-electron chi connectivity index (χ2n) is 5.82. The molecule has 0 bridgehead atoms. The smallest absolute Gasteiger partial charge is 0.00120 e. The molecule has 3 rings (SSSR count). The molecule has 1 spiro atoms. The maximum Gasteiger partial charge on any atom is -0.00120 e. The Hall–Kier alpha value is -0.470. The van der Waals surface area contributed by atoms with Gasteiger partial charge in [0.2, 0.25) is 0 Å². The first-order chi connectivity index (χ1) is 8.89. The summed E-state index contributed by atoms with van der Waals surface area (Å²) in [6.07, 6.45) is 5.54. The van der Waals surface area contributed by atoms with Gasteiger partial charge >= 0.3 is 0 Å². The summed E-state index contributed by atoms with van der Waals surface area (Å²) in [5.41, 5.74) is 2.16. The lowest BCUT2D eigenvalue weighted by Gasteiger charge is -2.47. The van der Waals surface area contributed by atoms with Gasteiger partial charge in [-0.1, -0.05) is 30.3 Å². The maximum absolute atomic E-state index is 3.62. The van der Waals surface area contributed by atoms with Crippen LogP contribution in [0.3, 0.4) is 0 Å². The predicted octanol–water partition coefficient (Wildman–Crippen LogP) is 3.35. The van der Waals surface area contributed by atoms with Gasteiger partial charge in [0.15, 0.2) is 0 Å². The van der Waals surface area contributed by atoms with E-state index >= 15 is 0 Å². The first kappa shape index (κ1) is 12.6. The van der Waals surface area contributed by atoms with Crippen LogP contribution in [0.2, 0.25) is 0 Å². The highest BCUT2D eigenvalue weighted by molar-refractivity contribution is 7.99. The zero-order chi connectivity index (χ0) is 12.3. The molecule has 1 unspecified atom stereocenters. The fourth-order valence-corrected chi connectivity index (χ4v) is 4.96. The van der Waals surface area contributed by atoms with Crippen LogP contribution < -0.4 is 5.32 Å². The Morgan fingerprint density at radius 3 is 2.67 bits per heavy atom. The molecular formula is C16H23NS. The van der Waals surface area contributed by atoms with E-state index in [0.717, 1.165) is 5.92 Å². The molecule has 2 heteroatoms. The van der Waals surface area contributed by atoms with Gasteiger partial charge in [-0.05, 0) is 67.2 Å². The predicted molar refractivity (Wildman–Crippen MR) is 80.1 cm³/mol. The van der Waals surface area contributed by atoms with Crippen LogP contribution in [0.4, 0.5) is 0 Å². The number of benzene rings is 1. The minimum Gasteiger partial charge on any atom is -0.316 e. The van der Waals surface area contributed by atoms with Crippen LogP contribution in [-0.2, 0) is 6.42 Å². The van der Waals surface area contributed by atoms with E-state index in [4.69, 9.17) is 0 Å². The Kier molecular flexibility index (Phi) is 3.95. The molecule has 18 heavy (non-hydrogen) atoms. The fraction of sp³-hybridized carbons (Fsp3) is 0.625. The highest BCUT2D eigenvalue weighted by Gasteiger charge is 2.41. The van der Waals surface area contributed by atoms with Crippen molar-refractivity contribution in [1.29, 1.82) is 0 Å². The molecule has 1 aromatic rings. The molecule has 98 valence electrons. The molecule has 0 saturated carbocycles. The molecular weight excluding hydrogens is 238 g/mol. The molecule has 1 nitrogen and oxygen atoms in total. The minimum atomic E-state index is 0.645. The summed E-state index contributed by atoms with van der Waals surface area (Å²) >= 11 is 2.15. The van der Waals surface area contributed by atoms with Gasteiger partial charge in [-0.2, -0.15) is 11.8 Å². The SMILES string of the molecule is c1ccc(CC2CNCCC23CCSCC3)cc1. The van der Waals surface area contributed by atoms with E-state index in [2.05, 4.69) is 47.4 Å². The van der Waals surface area contributed by atoms with Crippen LogP contribution >= 0.6 is 11.8 Å². The molecule has 2 fully saturated rings. The fourth-order valence-electron chi connectivity index (χ4n) is 3.66. The number of piperidine rings is 1. The first-order valence-corrected chi connectivity index (χ1v) is 8.37. The number of rotatable bonds is 2. The van der Waals surface area contributed by atoms with Gasteiger partial charge in [0.05, 0.1) is 0 Å². The van der Waals surface area contributed by atoms with Crippen molar-refractivity contribution in [1.82, 2.24) is 5.32 Å². The van der Waals surface area contributed by atoms with Crippen LogP contribution in [0, 0.1) is 11.3 Å². The number of thioether (sulfide) groups is 1. The largest absolute Gasteiger partial charge is 0.316 e. The zero-order valence-corrected chi connectivity index (χ0v) is 11.8. The highest BCUT2D eigenvalue weighted by Crippen LogP contribution is 2.46. The summed E-state index contributed by atoms with van der Waals surface area (Å²) in [6, 6.07) is 11.1. The third kappa shape index (κ3) is 2.60. The van der Waals surface area contributed by atoms with Gasteiger partial charge in [0.1, 0.15) is 0 Å². The quantitative estimate of drug-likeness (QED) is 0.876. The van der Waals surface area contributed by atoms with Crippen LogP contribution in [0.5, 0.6) is 0 Å². The van der Waals surface area contributed by atoms with E-state index in [1.54, 1.807) is 0 Å². The average molecular weight is 261 g/mol. The van der Waals surface area contributed by atoms with Gasteiger partial charge in [0.25, 0.3) is 0 Å². The lowest BCUT2D eigenvalue weighted by Crippen LogP contribution is -2.47. The molecule has 2 heterocycles. The average Bonchev–Trinajstić information content (AvgIpc) is 2.44. The van der Waals surface area contributed by atoms with Crippen molar-refractivity contribution in [3.63, 3.8) is 0 Å². The van der Waals surface area contributed by atoms with Crippen molar-refractivity contribution in [2.75, 3.05) is 24.6 Å². The Bertz CT molecular complexity index is 362. The number of hydrogen-bond donors (Lipinski definition) is 1. The Morgan fingerprint density at radius 1 is 1.11 bits per heavy atom. The van der Waals surface area contributed by atoms with E-state index in [0.29, 0.717) is 5.41 Å². The Labute approximate surface area is 115 Å². The second kappa shape index (κ2) is 5.66.